The molecule has 2 N–H and O–H groups in total. The second-order valence-electron chi connectivity index (χ2n) is 3.90. The summed E-state index contributed by atoms with van der Waals surface area (Å²) < 4.78 is 31.0. The number of halogens is 2. The zero-order valence-corrected chi connectivity index (χ0v) is 10.7. The monoisotopic (exact) mass is 236 g/mol. The van der Waals surface area contributed by atoms with E-state index in [-0.39, 0.29) is 18.3 Å². The number of allylic oxidation sites excluding steroid dienone is 1. The molecule has 0 atom stereocenters. The van der Waals surface area contributed by atoms with Gasteiger partial charge in [0.05, 0.1) is 12.2 Å². The third-order valence-corrected chi connectivity index (χ3v) is 2.12. The van der Waals surface area contributed by atoms with E-state index in [1.54, 1.807) is 7.05 Å². The van der Waals surface area contributed by atoms with Gasteiger partial charge in [-0.25, -0.2) is 8.78 Å². The average molecular weight is 236 g/mol. The maximum absolute atomic E-state index is 13.1. The van der Waals surface area contributed by atoms with Crippen LogP contribution in [-0.2, 0) is 4.74 Å². The predicted octanol–water partition coefficient (Wildman–Crippen LogP) is 2.39. The molecule has 0 spiro atoms. The Kier molecular flexibility index (Phi) is 5.55. The molecule has 5 heteroatoms. The first-order valence-electron chi connectivity index (χ1n) is 5.55. The summed E-state index contributed by atoms with van der Waals surface area (Å²) in [5.74, 6) is -2.65. The Morgan fingerprint density at radius 2 is 1.88 bits per heavy atom. The van der Waals surface area contributed by atoms with E-state index in [9.17, 15) is 8.78 Å². The van der Waals surface area contributed by atoms with E-state index >= 15 is 0 Å². The highest BCUT2D eigenvalue weighted by atomic mass is 19.3. The number of ether oxygens (including phenoxy) is 1. The van der Waals surface area contributed by atoms with Crippen molar-refractivity contribution in [3.8, 4) is 0 Å². The predicted molar refractivity (Wildman–Crippen MR) is 60.9 cm³/mol. The van der Waals surface area contributed by atoms with Gasteiger partial charge < -0.3 is 15.4 Å². The fraction of sp³-hybridized carbons (Fsp3) is 0.818. The molecule has 0 fully saturated rings. The maximum atomic E-state index is 13.1. The molecule has 0 aromatic heterocycles. The molecule has 0 bridgehead atoms. The minimum atomic E-state index is -2.84. The first-order valence-corrected chi connectivity index (χ1v) is 5.55. The van der Waals surface area contributed by atoms with Crippen LogP contribution in [0.1, 0.15) is 27.7 Å². The average Bonchev–Trinajstić information content (AvgIpc) is 2.26. The van der Waals surface area contributed by atoms with Crippen molar-refractivity contribution in [3.63, 3.8) is 0 Å². The summed E-state index contributed by atoms with van der Waals surface area (Å²) in [4.78, 5) is 1.47. The van der Waals surface area contributed by atoms with Gasteiger partial charge in [0.2, 0.25) is 5.88 Å². The molecule has 0 saturated heterocycles. The van der Waals surface area contributed by atoms with Crippen molar-refractivity contribution in [3.05, 3.63) is 11.6 Å². The van der Waals surface area contributed by atoms with Crippen LogP contribution in [0.5, 0.6) is 0 Å². The second-order valence-corrected chi connectivity index (χ2v) is 3.90. The van der Waals surface area contributed by atoms with Crippen LogP contribution >= 0.6 is 0 Å². The Bertz CT molecular complexity index is 252. The molecule has 16 heavy (non-hydrogen) atoms. The maximum Gasteiger partial charge on any atom is 0.298 e. The van der Waals surface area contributed by atoms with Crippen LogP contribution in [0, 0.1) is 5.92 Å². The van der Waals surface area contributed by atoms with Crippen LogP contribution in [0.2, 0.25) is 0 Å². The molecule has 0 amide bonds. The lowest BCUT2D eigenvalue weighted by Gasteiger charge is -2.25. The Balaban J connectivity index is 0.00000106. The van der Waals surface area contributed by atoms with Crippen LogP contribution in [-0.4, -0.2) is 31.0 Å². The fourth-order valence-electron chi connectivity index (χ4n) is 1.65. The summed E-state index contributed by atoms with van der Waals surface area (Å²) in [6, 6.07) is 0. The highest BCUT2D eigenvalue weighted by Gasteiger charge is 2.36. The lowest BCUT2D eigenvalue weighted by atomic mass is 10.1. The van der Waals surface area contributed by atoms with Gasteiger partial charge in [0.1, 0.15) is 0 Å². The van der Waals surface area contributed by atoms with Crippen molar-refractivity contribution in [1.82, 2.24) is 4.90 Å². The van der Waals surface area contributed by atoms with Gasteiger partial charge in [0.15, 0.2) is 6.61 Å². The standard InChI is InChI=1S/C9H16F2N2O.C2H6/c1-6(2)7-8(12)14-5-9(10,11)4-13(7)3;1-2/h6H,4-5,12H2,1-3H3;1-2H3. The fourth-order valence-corrected chi connectivity index (χ4v) is 1.65. The lowest BCUT2D eigenvalue weighted by Crippen LogP contribution is -2.35. The molecule has 0 aliphatic carbocycles. The largest absolute Gasteiger partial charge is 0.472 e. The third-order valence-electron chi connectivity index (χ3n) is 2.12. The molecule has 0 unspecified atom stereocenters. The van der Waals surface area contributed by atoms with Crippen molar-refractivity contribution in [2.45, 2.75) is 33.6 Å². The van der Waals surface area contributed by atoms with Gasteiger partial charge in [-0.1, -0.05) is 27.7 Å². The number of hydrogen-bond acceptors (Lipinski definition) is 3. The number of nitrogens with zero attached hydrogens (tertiary/aromatic N) is 1. The summed E-state index contributed by atoms with van der Waals surface area (Å²) >= 11 is 0. The third kappa shape index (κ3) is 3.87. The molecule has 1 heterocycles. The van der Waals surface area contributed by atoms with E-state index in [0.29, 0.717) is 5.70 Å². The molecule has 3 nitrogen and oxygen atoms in total. The summed E-state index contributed by atoms with van der Waals surface area (Å²) in [6.07, 6.45) is 0. The normalized spacial score (nSPS) is 19.9. The van der Waals surface area contributed by atoms with Crippen molar-refractivity contribution < 1.29 is 13.5 Å². The number of nitrogens with two attached hydrogens (primary N) is 1. The van der Waals surface area contributed by atoms with Gasteiger partial charge >= 0.3 is 0 Å². The second kappa shape index (κ2) is 5.92. The number of hydrogen-bond donors (Lipinski definition) is 1. The summed E-state index contributed by atoms with van der Waals surface area (Å²) in [7, 11) is 1.60. The summed E-state index contributed by atoms with van der Waals surface area (Å²) in [6.45, 7) is 6.80. The van der Waals surface area contributed by atoms with Gasteiger partial charge in [0, 0.05) is 7.05 Å². The van der Waals surface area contributed by atoms with Crippen molar-refractivity contribution in [2.24, 2.45) is 11.7 Å². The van der Waals surface area contributed by atoms with E-state index in [1.807, 2.05) is 27.7 Å². The molecule has 0 aromatic rings. The van der Waals surface area contributed by atoms with E-state index in [2.05, 4.69) is 0 Å². The van der Waals surface area contributed by atoms with Gasteiger partial charge in [-0.15, -0.1) is 0 Å². The molecular formula is C11H22F2N2O. The molecule has 0 aromatic carbocycles. The van der Waals surface area contributed by atoms with E-state index < -0.39 is 12.5 Å². The molecule has 0 saturated carbocycles. The molecule has 1 rings (SSSR count). The first-order chi connectivity index (χ1) is 7.33. The van der Waals surface area contributed by atoms with Crippen LogP contribution < -0.4 is 5.73 Å². The van der Waals surface area contributed by atoms with Crippen molar-refractivity contribution in [2.75, 3.05) is 20.2 Å². The highest BCUT2D eigenvalue weighted by molar-refractivity contribution is 5.09. The Labute approximate surface area is 96.2 Å². The summed E-state index contributed by atoms with van der Waals surface area (Å²) in [5.41, 5.74) is 6.21. The Morgan fingerprint density at radius 1 is 1.38 bits per heavy atom. The number of rotatable bonds is 1. The zero-order valence-electron chi connectivity index (χ0n) is 10.7. The SMILES string of the molecule is CC.CC(C)C1=C(N)OCC(F)(F)CN1C. The number of alkyl halides is 2. The molecule has 96 valence electrons. The highest BCUT2D eigenvalue weighted by Crippen LogP contribution is 2.26. The first kappa shape index (κ1) is 15.0. The van der Waals surface area contributed by atoms with Crippen LogP contribution in [0.4, 0.5) is 8.78 Å². The van der Waals surface area contributed by atoms with Crippen LogP contribution in [0.3, 0.4) is 0 Å². The van der Waals surface area contributed by atoms with Gasteiger partial charge in [0.25, 0.3) is 5.92 Å². The van der Waals surface area contributed by atoms with E-state index in [1.165, 1.54) is 4.90 Å². The van der Waals surface area contributed by atoms with Crippen LogP contribution in [0.15, 0.2) is 11.6 Å². The van der Waals surface area contributed by atoms with Gasteiger partial charge in [-0.3, -0.25) is 0 Å². The summed E-state index contributed by atoms with van der Waals surface area (Å²) in [5, 5.41) is 0. The molecule has 0 radical (unpaired) electrons. The molecular weight excluding hydrogens is 214 g/mol. The van der Waals surface area contributed by atoms with Crippen molar-refractivity contribution >= 4 is 0 Å². The van der Waals surface area contributed by atoms with Gasteiger partial charge in [-0.05, 0) is 5.92 Å². The molecule has 1 aliphatic heterocycles. The van der Waals surface area contributed by atoms with E-state index in [0.717, 1.165) is 0 Å². The zero-order chi connectivity index (χ0) is 12.9. The smallest absolute Gasteiger partial charge is 0.298 e. The Morgan fingerprint density at radius 3 is 2.31 bits per heavy atom. The van der Waals surface area contributed by atoms with Gasteiger partial charge in [-0.2, -0.15) is 0 Å². The topological polar surface area (TPSA) is 38.5 Å². The quantitative estimate of drug-likeness (QED) is 0.759. The minimum Gasteiger partial charge on any atom is -0.472 e. The lowest BCUT2D eigenvalue weighted by molar-refractivity contribution is -0.0630. The Hall–Kier alpha value is -1.00. The minimum absolute atomic E-state index is 0.0777. The molecule has 1 aliphatic rings. The van der Waals surface area contributed by atoms with E-state index in [4.69, 9.17) is 10.5 Å². The van der Waals surface area contributed by atoms with Crippen molar-refractivity contribution in [1.29, 1.82) is 0 Å². The van der Waals surface area contributed by atoms with Crippen LogP contribution in [0.25, 0.3) is 0 Å².